The van der Waals surface area contributed by atoms with E-state index in [4.69, 9.17) is 0 Å². The van der Waals surface area contributed by atoms with Crippen molar-refractivity contribution in [2.45, 2.75) is 32.2 Å². The molecule has 0 aromatic carbocycles. The van der Waals surface area contributed by atoms with Gasteiger partial charge in [0.15, 0.2) is 0 Å². The summed E-state index contributed by atoms with van der Waals surface area (Å²) in [5, 5.41) is 3.64. The van der Waals surface area contributed by atoms with Gasteiger partial charge in [0.05, 0.1) is 5.33 Å². The van der Waals surface area contributed by atoms with Crippen molar-refractivity contribution < 1.29 is 4.79 Å². The lowest BCUT2D eigenvalue weighted by atomic mass is 10.1. The molecule has 12 heavy (non-hydrogen) atoms. The van der Waals surface area contributed by atoms with Crippen molar-refractivity contribution in [1.82, 2.24) is 5.32 Å². The van der Waals surface area contributed by atoms with E-state index in [2.05, 4.69) is 33.9 Å². The van der Waals surface area contributed by atoms with Crippen molar-refractivity contribution in [2.24, 2.45) is 5.73 Å². The van der Waals surface area contributed by atoms with Crippen LogP contribution in [-0.2, 0) is 4.79 Å². The molecule has 1 heterocycles. The number of hydrogen-bond acceptors (Lipinski definition) is 2. The molecule has 0 aromatic heterocycles. The molecule has 1 saturated heterocycles. The number of nitrogens with one attached hydrogen (secondary N) is 1. The van der Waals surface area contributed by atoms with Crippen molar-refractivity contribution in [2.75, 3.05) is 11.9 Å². The first kappa shape index (κ1) is 11.9. The molecule has 1 aliphatic rings. The fourth-order valence-corrected chi connectivity index (χ4v) is 1.03. The molecule has 0 spiro atoms. The minimum atomic E-state index is -0.329. The first-order chi connectivity index (χ1) is 5.66. The number of rotatable bonds is 1. The second kappa shape index (κ2) is 7.55. The van der Waals surface area contributed by atoms with Crippen LogP contribution in [0.2, 0.25) is 0 Å². The monoisotopic (exact) mass is 236 g/mol. The van der Waals surface area contributed by atoms with E-state index < -0.39 is 0 Å². The molecule has 3 N–H and O–H groups in total. The van der Waals surface area contributed by atoms with Crippen LogP contribution in [0.4, 0.5) is 0 Å². The highest BCUT2D eigenvalue weighted by molar-refractivity contribution is 9.09. The summed E-state index contributed by atoms with van der Waals surface area (Å²) < 4.78 is 0. The quantitative estimate of drug-likeness (QED) is 0.669. The molecule has 1 rings (SSSR count). The van der Waals surface area contributed by atoms with Gasteiger partial charge < -0.3 is 11.1 Å². The zero-order valence-electron chi connectivity index (χ0n) is 7.48. The first-order valence-corrected chi connectivity index (χ1v) is 5.36. The molecule has 0 bridgehead atoms. The molecule has 72 valence electrons. The number of primary amides is 1. The summed E-state index contributed by atoms with van der Waals surface area (Å²) in [6.45, 7) is 3.49. The van der Waals surface area contributed by atoms with E-state index >= 15 is 0 Å². The van der Waals surface area contributed by atoms with Crippen molar-refractivity contribution in [1.29, 1.82) is 0 Å². The SMILES string of the molecule is CC1CCCCN1.NC(=O)CBr. The Morgan fingerprint density at radius 3 is 2.42 bits per heavy atom. The fraction of sp³-hybridized carbons (Fsp3) is 0.875. The Bertz CT molecular complexity index is 124. The molecular formula is C8H17BrN2O. The third-order valence-electron chi connectivity index (χ3n) is 1.69. The summed E-state index contributed by atoms with van der Waals surface area (Å²) in [6.07, 6.45) is 4.18. The van der Waals surface area contributed by atoms with E-state index in [1.165, 1.54) is 25.8 Å². The van der Waals surface area contributed by atoms with E-state index in [1.54, 1.807) is 0 Å². The Morgan fingerprint density at radius 1 is 1.67 bits per heavy atom. The predicted octanol–water partition coefficient (Wildman–Crippen LogP) is 1.02. The van der Waals surface area contributed by atoms with Crippen LogP contribution in [0.5, 0.6) is 0 Å². The van der Waals surface area contributed by atoms with E-state index in [1.807, 2.05) is 0 Å². The lowest BCUT2D eigenvalue weighted by molar-refractivity contribution is -0.115. The van der Waals surface area contributed by atoms with Gasteiger partial charge in [-0.25, -0.2) is 0 Å². The number of amides is 1. The number of nitrogens with two attached hydrogens (primary N) is 1. The van der Waals surface area contributed by atoms with Crippen molar-refractivity contribution in [3.05, 3.63) is 0 Å². The molecule has 1 amide bonds. The van der Waals surface area contributed by atoms with Crippen LogP contribution in [0.3, 0.4) is 0 Å². The average Bonchev–Trinajstić information content (AvgIpc) is 2.07. The van der Waals surface area contributed by atoms with Crippen LogP contribution in [-0.4, -0.2) is 23.8 Å². The Hall–Kier alpha value is -0.0900. The number of piperidine rings is 1. The second-order valence-corrected chi connectivity index (χ2v) is 3.51. The summed E-state index contributed by atoms with van der Waals surface area (Å²) >= 11 is 2.84. The summed E-state index contributed by atoms with van der Waals surface area (Å²) in [4.78, 5) is 9.54. The van der Waals surface area contributed by atoms with Gasteiger partial charge in [-0.2, -0.15) is 0 Å². The molecule has 0 radical (unpaired) electrons. The van der Waals surface area contributed by atoms with Gasteiger partial charge in [-0.3, -0.25) is 4.79 Å². The molecule has 1 fully saturated rings. The predicted molar refractivity (Wildman–Crippen MR) is 54.3 cm³/mol. The fourth-order valence-electron chi connectivity index (χ4n) is 1.03. The van der Waals surface area contributed by atoms with Gasteiger partial charge in [0.1, 0.15) is 0 Å². The van der Waals surface area contributed by atoms with Crippen LogP contribution in [0.15, 0.2) is 0 Å². The summed E-state index contributed by atoms with van der Waals surface area (Å²) in [5.74, 6) is -0.329. The molecule has 0 aliphatic carbocycles. The summed E-state index contributed by atoms with van der Waals surface area (Å²) in [5.41, 5.74) is 4.61. The van der Waals surface area contributed by atoms with E-state index in [9.17, 15) is 4.79 Å². The van der Waals surface area contributed by atoms with Crippen molar-refractivity contribution in [3.8, 4) is 0 Å². The minimum Gasteiger partial charge on any atom is -0.369 e. The zero-order chi connectivity index (χ0) is 9.40. The lowest BCUT2D eigenvalue weighted by Crippen LogP contribution is -2.30. The maximum Gasteiger partial charge on any atom is 0.228 e. The molecule has 1 unspecified atom stereocenters. The molecule has 1 aliphatic heterocycles. The Balaban J connectivity index is 0.000000217. The van der Waals surface area contributed by atoms with Gasteiger partial charge in [0, 0.05) is 6.04 Å². The minimum absolute atomic E-state index is 0.257. The molecule has 1 atom stereocenters. The third-order valence-corrected chi connectivity index (χ3v) is 2.24. The molecule has 0 aromatic rings. The lowest BCUT2D eigenvalue weighted by Gasteiger charge is -2.18. The van der Waals surface area contributed by atoms with Gasteiger partial charge in [-0.15, -0.1) is 0 Å². The van der Waals surface area contributed by atoms with Gasteiger partial charge in [-0.05, 0) is 26.3 Å². The van der Waals surface area contributed by atoms with Gasteiger partial charge >= 0.3 is 0 Å². The summed E-state index contributed by atoms with van der Waals surface area (Å²) in [7, 11) is 0. The highest BCUT2D eigenvalue weighted by Gasteiger charge is 2.04. The van der Waals surface area contributed by atoms with Crippen LogP contribution in [0, 0.1) is 0 Å². The van der Waals surface area contributed by atoms with Crippen molar-refractivity contribution in [3.63, 3.8) is 0 Å². The van der Waals surface area contributed by atoms with Crippen LogP contribution >= 0.6 is 15.9 Å². The van der Waals surface area contributed by atoms with E-state index in [0.717, 1.165) is 6.04 Å². The van der Waals surface area contributed by atoms with Crippen LogP contribution in [0.1, 0.15) is 26.2 Å². The topological polar surface area (TPSA) is 55.1 Å². The Kier molecular flexibility index (Phi) is 7.50. The second-order valence-electron chi connectivity index (χ2n) is 2.95. The van der Waals surface area contributed by atoms with E-state index in [-0.39, 0.29) is 11.2 Å². The highest BCUT2D eigenvalue weighted by atomic mass is 79.9. The number of carbonyl (C=O) groups excluding carboxylic acids is 1. The van der Waals surface area contributed by atoms with Crippen LogP contribution in [0.25, 0.3) is 0 Å². The Morgan fingerprint density at radius 2 is 2.25 bits per heavy atom. The maximum absolute atomic E-state index is 9.54. The van der Waals surface area contributed by atoms with Gasteiger partial charge in [-0.1, -0.05) is 22.4 Å². The molecule has 4 heteroatoms. The smallest absolute Gasteiger partial charge is 0.228 e. The van der Waals surface area contributed by atoms with Crippen molar-refractivity contribution >= 4 is 21.8 Å². The third kappa shape index (κ3) is 8.01. The number of carbonyl (C=O) groups is 1. The molecule has 3 nitrogen and oxygen atoms in total. The number of halogens is 1. The summed E-state index contributed by atoms with van der Waals surface area (Å²) in [6, 6.07) is 0.786. The maximum atomic E-state index is 9.54. The normalized spacial score (nSPS) is 22.3. The Labute approximate surface area is 82.2 Å². The highest BCUT2D eigenvalue weighted by Crippen LogP contribution is 2.04. The standard InChI is InChI=1S/C6H13N.C2H4BrNO/c1-6-4-2-3-5-7-6;3-1-2(4)5/h6-7H,2-5H2,1H3;1H2,(H2,4,5). The van der Waals surface area contributed by atoms with Gasteiger partial charge in [0.2, 0.25) is 5.91 Å². The number of hydrogen-bond donors (Lipinski definition) is 2. The molecular weight excluding hydrogens is 220 g/mol. The van der Waals surface area contributed by atoms with Crippen LogP contribution < -0.4 is 11.1 Å². The largest absolute Gasteiger partial charge is 0.369 e. The molecule has 0 saturated carbocycles. The van der Waals surface area contributed by atoms with E-state index in [0.29, 0.717) is 0 Å². The number of alkyl halides is 1. The average molecular weight is 237 g/mol. The first-order valence-electron chi connectivity index (χ1n) is 4.24. The van der Waals surface area contributed by atoms with Gasteiger partial charge in [0.25, 0.3) is 0 Å². The zero-order valence-corrected chi connectivity index (χ0v) is 9.06.